The summed E-state index contributed by atoms with van der Waals surface area (Å²) < 4.78 is 22.7. The summed E-state index contributed by atoms with van der Waals surface area (Å²) in [6, 6.07) is 10.1. The molecule has 1 unspecified atom stereocenters. The van der Waals surface area contributed by atoms with Gasteiger partial charge in [0.1, 0.15) is 12.4 Å². The van der Waals surface area contributed by atoms with Gasteiger partial charge in [0.25, 0.3) is 0 Å². The molecule has 1 aliphatic carbocycles. The van der Waals surface area contributed by atoms with Crippen LogP contribution in [0.15, 0.2) is 30.3 Å². The first-order valence-corrected chi connectivity index (χ1v) is 11.6. The second-order valence-corrected chi connectivity index (χ2v) is 8.76. The second-order valence-electron chi connectivity index (χ2n) is 8.76. The summed E-state index contributed by atoms with van der Waals surface area (Å²) in [5.41, 5.74) is 3.16. The minimum atomic E-state index is -0.400. The summed E-state index contributed by atoms with van der Waals surface area (Å²) in [7, 11) is 4.90. The number of rotatable bonds is 7. The molecule has 1 aliphatic heterocycles. The van der Waals surface area contributed by atoms with Gasteiger partial charge in [-0.1, -0.05) is 31.4 Å². The fourth-order valence-corrected chi connectivity index (χ4v) is 5.04. The highest BCUT2D eigenvalue weighted by Crippen LogP contribution is 2.41. The Kier molecular flexibility index (Phi) is 7.43. The van der Waals surface area contributed by atoms with Gasteiger partial charge >= 0.3 is 0 Å². The van der Waals surface area contributed by atoms with Gasteiger partial charge in [-0.05, 0) is 42.5 Å². The molecule has 32 heavy (non-hydrogen) atoms. The number of hydrogen-bond acceptors (Lipinski definition) is 6. The molecule has 0 radical (unpaired) electrons. The van der Waals surface area contributed by atoms with Crippen molar-refractivity contribution in [2.45, 2.75) is 51.3 Å². The number of nitrogens with zero attached hydrogens (tertiary/aromatic N) is 1. The normalized spacial score (nSPS) is 18.2. The van der Waals surface area contributed by atoms with E-state index in [1.807, 2.05) is 24.3 Å². The molecule has 0 saturated heterocycles. The number of aliphatic hydroxyl groups excluding tert-OH is 1. The van der Waals surface area contributed by atoms with Gasteiger partial charge in [0, 0.05) is 30.8 Å². The topological polar surface area (TPSA) is 60.4 Å². The second kappa shape index (κ2) is 10.5. The molecule has 1 saturated carbocycles. The van der Waals surface area contributed by atoms with E-state index in [1.54, 1.807) is 21.3 Å². The van der Waals surface area contributed by atoms with E-state index in [1.165, 1.54) is 19.3 Å². The van der Waals surface area contributed by atoms with E-state index in [4.69, 9.17) is 18.9 Å². The Bertz CT molecular complexity index is 909. The zero-order chi connectivity index (χ0) is 22.5. The van der Waals surface area contributed by atoms with Crippen molar-refractivity contribution >= 4 is 0 Å². The largest absolute Gasteiger partial charge is 0.493 e. The fraction of sp³-hybridized carbons (Fsp3) is 0.538. The van der Waals surface area contributed by atoms with E-state index in [-0.39, 0.29) is 0 Å². The molecule has 4 rings (SSSR count). The Morgan fingerprint density at radius 2 is 1.78 bits per heavy atom. The lowest BCUT2D eigenvalue weighted by Gasteiger charge is -2.27. The van der Waals surface area contributed by atoms with E-state index < -0.39 is 6.10 Å². The molecule has 1 atom stereocenters. The van der Waals surface area contributed by atoms with Crippen LogP contribution in [0.25, 0.3) is 0 Å². The first-order chi connectivity index (χ1) is 15.6. The maximum atomic E-state index is 11.0. The maximum Gasteiger partial charge on any atom is 0.203 e. The predicted octanol–water partition coefficient (Wildman–Crippen LogP) is 4.72. The Hall–Kier alpha value is -2.44. The van der Waals surface area contributed by atoms with Crippen LogP contribution in [-0.4, -0.2) is 44.5 Å². The number of methoxy groups -OCH3 is 3. The third-order valence-corrected chi connectivity index (χ3v) is 6.76. The molecular weight excluding hydrogens is 406 g/mol. The first kappa shape index (κ1) is 22.7. The average molecular weight is 442 g/mol. The monoisotopic (exact) mass is 441 g/mol. The number of hydrogen-bond donors (Lipinski definition) is 1. The van der Waals surface area contributed by atoms with Gasteiger partial charge in [-0.3, -0.25) is 4.90 Å². The van der Waals surface area contributed by atoms with E-state index in [0.29, 0.717) is 36.3 Å². The van der Waals surface area contributed by atoms with Crippen LogP contribution in [0.5, 0.6) is 23.0 Å². The Labute approximate surface area is 191 Å². The molecule has 1 heterocycles. The van der Waals surface area contributed by atoms with Crippen LogP contribution in [0.2, 0.25) is 0 Å². The highest BCUT2D eigenvalue weighted by molar-refractivity contribution is 5.55. The lowest BCUT2D eigenvalue weighted by molar-refractivity contribution is 0.0847. The highest BCUT2D eigenvalue weighted by Gasteiger charge is 2.25. The minimum absolute atomic E-state index is 0.362. The zero-order valence-corrected chi connectivity index (χ0v) is 19.4. The van der Waals surface area contributed by atoms with Crippen LogP contribution in [0.4, 0.5) is 0 Å². The zero-order valence-electron chi connectivity index (χ0n) is 19.4. The summed E-state index contributed by atoms with van der Waals surface area (Å²) in [6.07, 6.45) is 5.55. The van der Waals surface area contributed by atoms with E-state index in [0.717, 1.165) is 48.4 Å². The van der Waals surface area contributed by atoms with Crippen LogP contribution >= 0.6 is 0 Å². The lowest BCUT2D eigenvalue weighted by atomic mass is 9.82. The molecular formula is C26H35NO5. The maximum absolute atomic E-state index is 11.0. The van der Waals surface area contributed by atoms with Crippen molar-refractivity contribution in [3.8, 4) is 23.0 Å². The summed E-state index contributed by atoms with van der Waals surface area (Å²) in [5.74, 6) is 3.22. The van der Waals surface area contributed by atoms with Crippen molar-refractivity contribution in [1.29, 1.82) is 0 Å². The van der Waals surface area contributed by atoms with Crippen molar-refractivity contribution < 1.29 is 24.1 Å². The Balaban J connectivity index is 1.54. The van der Waals surface area contributed by atoms with Gasteiger partial charge in [-0.25, -0.2) is 0 Å². The number of aliphatic hydroxyl groups is 1. The molecule has 0 aromatic heterocycles. The molecule has 0 amide bonds. The smallest absolute Gasteiger partial charge is 0.203 e. The van der Waals surface area contributed by atoms with Crippen molar-refractivity contribution in [3.05, 3.63) is 47.0 Å². The Morgan fingerprint density at radius 1 is 1.00 bits per heavy atom. The number of fused-ring (bicyclic) bond motifs is 1. The van der Waals surface area contributed by atoms with Gasteiger partial charge in [-0.15, -0.1) is 0 Å². The van der Waals surface area contributed by atoms with Gasteiger partial charge < -0.3 is 24.1 Å². The third kappa shape index (κ3) is 4.81. The molecule has 2 aromatic carbocycles. The van der Waals surface area contributed by atoms with Gasteiger partial charge in [0.15, 0.2) is 11.5 Å². The van der Waals surface area contributed by atoms with Crippen LogP contribution < -0.4 is 18.9 Å². The van der Waals surface area contributed by atoms with Gasteiger partial charge in [0.2, 0.25) is 5.75 Å². The van der Waals surface area contributed by atoms with Crippen LogP contribution in [0.3, 0.4) is 0 Å². The van der Waals surface area contributed by atoms with Gasteiger partial charge in [0.05, 0.1) is 27.4 Å². The number of benzene rings is 2. The first-order valence-electron chi connectivity index (χ1n) is 11.6. The molecule has 6 nitrogen and oxygen atoms in total. The quantitative estimate of drug-likeness (QED) is 0.671. The summed E-state index contributed by atoms with van der Waals surface area (Å²) in [6.45, 7) is 2.86. The fourth-order valence-electron chi connectivity index (χ4n) is 5.04. The summed E-state index contributed by atoms with van der Waals surface area (Å²) in [4.78, 5) is 2.34. The van der Waals surface area contributed by atoms with Gasteiger partial charge in [-0.2, -0.15) is 0 Å². The lowest BCUT2D eigenvalue weighted by Crippen LogP contribution is -2.25. The molecule has 0 bridgehead atoms. The molecule has 1 N–H and O–H groups in total. The van der Waals surface area contributed by atoms with Crippen molar-refractivity contribution in [2.75, 3.05) is 34.5 Å². The predicted molar refractivity (Wildman–Crippen MR) is 124 cm³/mol. The van der Waals surface area contributed by atoms with Crippen LogP contribution in [-0.2, 0) is 13.1 Å². The highest BCUT2D eigenvalue weighted by atomic mass is 16.5. The molecule has 1 fully saturated rings. The summed E-state index contributed by atoms with van der Waals surface area (Å²) >= 11 is 0. The third-order valence-electron chi connectivity index (χ3n) is 6.76. The molecule has 6 heteroatoms. The minimum Gasteiger partial charge on any atom is -0.493 e. The standard InChI is InChI=1S/C26H35NO5/c1-29-23-12-10-20(25(30-2)26(23)31-3)16-27-13-14-32-22-11-9-19(15-21(22)17-27)24(28)18-7-5-4-6-8-18/h9-12,15,18,24,28H,4-8,13-14,16-17H2,1-3H3. The van der Waals surface area contributed by atoms with Crippen LogP contribution in [0, 0.1) is 5.92 Å². The SMILES string of the molecule is COc1ccc(CN2CCOc3ccc(C(O)C4CCCCC4)cc3C2)c(OC)c1OC. The average Bonchev–Trinajstić information content (AvgIpc) is 3.04. The van der Waals surface area contributed by atoms with Crippen molar-refractivity contribution in [2.24, 2.45) is 5.92 Å². The van der Waals surface area contributed by atoms with E-state index >= 15 is 0 Å². The molecule has 2 aliphatic rings. The van der Waals surface area contributed by atoms with E-state index in [2.05, 4.69) is 11.0 Å². The summed E-state index contributed by atoms with van der Waals surface area (Å²) in [5, 5.41) is 11.0. The Morgan fingerprint density at radius 3 is 2.50 bits per heavy atom. The van der Waals surface area contributed by atoms with Crippen molar-refractivity contribution in [3.63, 3.8) is 0 Å². The molecule has 2 aromatic rings. The van der Waals surface area contributed by atoms with E-state index in [9.17, 15) is 5.11 Å². The van der Waals surface area contributed by atoms with Crippen LogP contribution in [0.1, 0.15) is 54.9 Å². The molecule has 174 valence electrons. The number of ether oxygens (including phenoxy) is 4. The van der Waals surface area contributed by atoms with Crippen molar-refractivity contribution in [1.82, 2.24) is 4.90 Å². The molecule has 0 spiro atoms.